The van der Waals surface area contributed by atoms with Gasteiger partial charge >= 0.3 is 12.1 Å². The van der Waals surface area contributed by atoms with Crippen molar-refractivity contribution < 1.29 is 22.7 Å². The number of alkyl halides is 3. The first-order chi connectivity index (χ1) is 9.39. The SMILES string of the molecule is N[C@@H]([C@@H](C(=O)OCc1ccccc1)C1CC1)C(F)(F)F. The lowest BCUT2D eigenvalue weighted by Crippen LogP contribution is -2.48. The van der Waals surface area contributed by atoms with E-state index in [-0.39, 0.29) is 12.5 Å². The molecule has 0 bridgehead atoms. The molecule has 20 heavy (non-hydrogen) atoms. The second-order valence-corrected chi connectivity index (χ2v) is 5.02. The Morgan fingerprint density at radius 1 is 1.30 bits per heavy atom. The number of halogens is 3. The summed E-state index contributed by atoms with van der Waals surface area (Å²) in [5.41, 5.74) is 5.91. The zero-order valence-corrected chi connectivity index (χ0v) is 10.8. The van der Waals surface area contributed by atoms with Crippen molar-refractivity contribution in [2.45, 2.75) is 31.7 Å². The minimum absolute atomic E-state index is 0.0343. The van der Waals surface area contributed by atoms with Gasteiger partial charge in [0.15, 0.2) is 0 Å². The number of rotatable bonds is 5. The quantitative estimate of drug-likeness (QED) is 0.847. The number of ether oxygens (including phenoxy) is 1. The van der Waals surface area contributed by atoms with Crippen molar-refractivity contribution in [3.63, 3.8) is 0 Å². The molecule has 0 amide bonds. The lowest BCUT2D eigenvalue weighted by molar-refractivity contribution is -0.178. The number of hydrogen-bond donors (Lipinski definition) is 1. The predicted molar refractivity (Wildman–Crippen MR) is 66.5 cm³/mol. The van der Waals surface area contributed by atoms with Gasteiger partial charge in [0.2, 0.25) is 0 Å². The summed E-state index contributed by atoms with van der Waals surface area (Å²) in [5, 5.41) is 0. The number of benzene rings is 1. The molecular weight excluding hydrogens is 271 g/mol. The lowest BCUT2D eigenvalue weighted by Gasteiger charge is -2.24. The van der Waals surface area contributed by atoms with Crippen LogP contribution in [0.5, 0.6) is 0 Å². The highest BCUT2D eigenvalue weighted by Crippen LogP contribution is 2.42. The minimum Gasteiger partial charge on any atom is -0.461 e. The van der Waals surface area contributed by atoms with E-state index in [1.54, 1.807) is 30.3 Å². The van der Waals surface area contributed by atoms with Crippen molar-refractivity contribution in [2.75, 3.05) is 0 Å². The summed E-state index contributed by atoms with van der Waals surface area (Å²) in [6.45, 7) is -0.0343. The molecule has 1 saturated carbocycles. The molecule has 0 heterocycles. The van der Waals surface area contributed by atoms with Crippen molar-refractivity contribution in [3.05, 3.63) is 35.9 Å². The van der Waals surface area contributed by atoms with E-state index in [1.165, 1.54) is 0 Å². The lowest BCUT2D eigenvalue weighted by atomic mass is 9.94. The van der Waals surface area contributed by atoms with E-state index in [1.807, 2.05) is 0 Å². The van der Waals surface area contributed by atoms with Crippen LogP contribution in [0, 0.1) is 11.8 Å². The monoisotopic (exact) mass is 287 g/mol. The van der Waals surface area contributed by atoms with Crippen LogP contribution in [0.3, 0.4) is 0 Å². The largest absolute Gasteiger partial charge is 0.461 e. The summed E-state index contributed by atoms with van der Waals surface area (Å²) in [7, 11) is 0. The minimum atomic E-state index is -4.58. The molecule has 3 nitrogen and oxygen atoms in total. The second-order valence-electron chi connectivity index (χ2n) is 5.02. The first kappa shape index (κ1) is 14.8. The van der Waals surface area contributed by atoms with Gasteiger partial charge in [0, 0.05) is 0 Å². The fourth-order valence-corrected chi connectivity index (χ4v) is 2.12. The number of carbonyl (C=O) groups is 1. The molecule has 1 aliphatic carbocycles. The van der Waals surface area contributed by atoms with Crippen LogP contribution in [-0.4, -0.2) is 18.2 Å². The molecule has 0 aliphatic heterocycles. The first-order valence-corrected chi connectivity index (χ1v) is 6.42. The van der Waals surface area contributed by atoms with Gasteiger partial charge in [0.25, 0.3) is 0 Å². The topological polar surface area (TPSA) is 52.3 Å². The standard InChI is InChI=1S/C14H16F3NO2/c15-14(16,17)12(18)11(10-6-7-10)13(19)20-8-9-4-2-1-3-5-9/h1-5,10-12H,6-8,18H2/t11-,12-/m0/s1. The van der Waals surface area contributed by atoms with Crippen LogP contribution in [0.4, 0.5) is 13.2 Å². The third kappa shape index (κ3) is 3.72. The molecule has 1 aromatic rings. The predicted octanol–water partition coefficient (Wildman–Crippen LogP) is 2.65. The zero-order valence-electron chi connectivity index (χ0n) is 10.8. The highest BCUT2D eigenvalue weighted by Gasteiger charge is 2.51. The van der Waals surface area contributed by atoms with Crippen LogP contribution < -0.4 is 5.73 Å². The first-order valence-electron chi connectivity index (χ1n) is 6.42. The maximum atomic E-state index is 12.7. The maximum Gasteiger partial charge on any atom is 0.404 e. The Bertz CT molecular complexity index is 457. The Labute approximate surface area is 114 Å². The summed E-state index contributed by atoms with van der Waals surface area (Å²) < 4.78 is 43.0. The van der Waals surface area contributed by atoms with Crippen LogP contribution in [0.15, 0.2) is 30.3 Å². The molecule has 2 N–H and O–H groups in total. The third-order valence-electron chi connectivity index (χ3n) is 3.39. The van der Waals surface area contributed by atoms with E-state index in [2.05, 4.69) is 0 Å². The van der Waals surface area contributed by atoms with Crippen LogP contribution in [0.2, 0.25) is 0 Å². The van der Waals surface area contributed by atoms with E-state index in [9.17, 15) is 18.0 Å². The van der Waals surface area contributed by atoms with Crippen LogP contribution in [0.1, 0.15) is 18.4 Å². The summed E-state index contributed by atoms with van der Waals surface area (Å²) in [5.74, 6) is -2.46. The van der Waals surface area contributed by atoms with Crippen molar-refractivity contribution >= 4 is 5.97 Å². The third-order valence-corrected chi connectivity index (χ3v) is 3.39. The average Bonchev–Trinajstić information content (AvgIpc) is 3.21. The fraction of sp³-hybridized carbons (Fsp3) is 0.500. The van der Waals surface area contributed by atoms with Gasteiger partial charge in [-0.25, -0.2) is 0 Å². The molecule has 1 aromatic carbocycles. The van der Waals surface area contributed by atoms with Crippen molar-refractivity contribution in [2.24, 2.45) is 17.6 Å². The Balaban J connectivity index is 1.98. The summed E-state index contributed by atoms with van der Waals surface area (Å²) >= 11 is 0. The Kier molecular flexibility index (Phi) is 4.32. The molecule has 2 rings (SSSR count). The number of hydrogen-bond acceptors (Lipinski definition) is 3. The van der Waals surface area contributed by atoms with Crippen LogP contribution in [0.25, 0.3) is 0 Å². The molecule has 1 fully saturated rings. The highest BCUT2D eigenvalue weighted by atomic mass is 19.4. The van der Waals surface area contributed by atoms with Gasteiger partial charge < -0.3 is 10.5 Å². The van der Waals surface area contributed by atoms with E-state index >= 15 is 0 Å². The molecule has 0 unspecified atom stereocenters. The maximum absolute atomic E-state index is 12.7. The van der Waals surface area contributed by atoms with E-state index in [0.29, 0.717) is 12.8 Å². The van der Waals surface area contributed by atoms with Gasteiger partial charge in [-0.05, 0) is 24.3 Å². The van der Waals surface area contributed by atoms with Crippen molar-refractivity contribution in [3.8, 4) is 0 Å². The molecule has 0 radical (unpaired) electrons. The Hall–Kier alpha value is -1.56. The zero-order chi connectivity index (χ0) is 14.8. The fourth-order valence-electron chi connectivity index (χ4n) is 2.12. The summed E-state index contributed by atoms with van der Waals surface area (Å²) in [6, 6.07) is 6.66. The van der Waals surface area contributed by atoms with E-state index in [4.69, 9.17) is 10.5 Å². The van der Waals surface area contributed by atoms with Crippen LogP contribution in [-0.2, 0) is 16.1 Å². The molecular formula is C14H16F3NO2. The Morgan fingerprint density at radius 2 is 1.90 bits per heavy atom. The van der Waals surface area contributed by atoms with Gasteiger partial charge in [-0.3, -0.25) is 4.79 Å². The Morgan fingerprint density at radius 3 is 2.40 bits per heavy atom. The van der Waals surface area contributed by atoms with Crippen LogP contribution >= 0.6 is 0 Å². The highest BCUT2D eigenvalue weighted by molar-refractivity contribution is 5.74. The van der Waals surface area contributed by atoms with Gasteiger partial charge in [-0.2, -0.15) is 13.2 Å². The smallest absolute Gasteiger partial charge is 0.404 e. The molecule has 0 aromatic heterocycles. The van der Waals surface area contributed by atoms with Gasteiger partial charge in [0.1, 0.15) is 12.6 Å². The molecule has 110 valence electrons. The normalized spacial score (nSPS) is 18.4. The average molecular weight is 287 g/mol. The molecule has 0 spiro atoms. The van der Waals surface area contributed by atoms with Gasteiger partial charge in [-0.15, -0.1) is 0 Å². The summed E-state index contributed by atoms with van der Waals surface area (Å²) in [4.78, 5) is 11.9. The van der Waals surface area contributed by atoms with E-state index in [0.717, 1.165) is 5.56 Å². The molecule has 0 saturated heterocycles. The second kappa shape index (κ2) is 5.83. The summed E-state index contributed by atoms with van der Waals surface area (Å²) in [6.07, 6.45) is -3.40. The van der Waals surface area contributed by atoms with Crippen molar-refractivity contribution in [1.82, 2.24) is 0 Å². The van der Waals surface area contributed by atoms with Crippen molar-refractivity contribution in [1.29, 1.82) is 0 Å². The van der Waals surface area contributed by atoms with Gasteiger partial charge in [-0.1, -0.05) is 30.3 Å². The molecule has 1 aliphatic rings. The number of carbonyl (C=O) groups excluding carboxylic acids is 1. The van der Waals surface area contributed by atoms with E-state index < -0.39 is 24.1 Å². The number of esters is 1. The number of nitrogens with two attached hydrogens (primary N) is 1. The van der Waals surface area contributed by atoms with Gasteiger partial charge in [0.05, 0.1) is 5.92 Å². The molecule has 2 atom stereocenters. The molecule has 6 heteroatoms.